The van der Waals surface area contributed by atoms with Gasteiger partial charge in [0.25, 0.3) is 0 Å². The van der Waals surface area contributed by atoms with E-state index in [1.165, 1.54) is 0 Å². The lowest BCUT2D eigenvalue weighted by atomic mass is 9.82. The SMILES string of the molecule is [2H]C([2H])([2H])C1(C)c2ccccc2-c2cc3c(cc21)c1ncc(-c2ccccc2)cc1n3-c1ccccc1. The fourth-order valence-electron chi connectivity index (χ4n) is 5.50. The van der Waals surface area contributed by atoms with Gasteiger partial charge in [-0.1, -0.05) is 86.6 Å². The summed E-state index contributed by atoms with van der Waals surface area (Å²) in [6.45, 7) is -0.346. The van der Waals surface area contributed by atoms with E-state index >= 15 is 0 Å². The van der Waals surface area contributed by atoms with Crippen LogP contribution in [0.3, 0.4) is 0 Å². The molecule has 0 N–H and O–H groups in total. The van der Waals surface area contributed by atoms with Gasteiger partial charge in [0, 0.05) is 32.4 Å². The molecule has 4 aromatic carbocycles. The van der Waals surface area contributed by atoms with Crippen molar-refractivity contribution in [3.63, 3.8) is 0 Å². The Morgan fingerprint density at radius 1 is 0.706 bits per heavy atom. The van der Waals surface area contributed by atoms with E-state index < -0.39 is 12.3 Å². The smallest absolute Gasteiger partial charge is 0.0964 e. The molecule has 1 aliphatic carbocycles. The fourth-order valence-corrected chi connectivity index (χ4v) is 5.50. The first-order chi connectivity index (χ1) is 17.9. The molecule has 1 atom stereocenters. The maximum Gasteiger partial charge on any atom is 0.0964 e. The standard InChI is InChI=1S/C32H24N2/c1-32(2)27-16-10-9-15-24(27)25-19-29-26(18-28(25)32)31-30(34(29)23-13-7-4-8-14-23)17-22(20-33-31)21-11-5-3-6-12-21/h3-20H,1-2H3/i1D3. The molecule has 34 heavy (non-hydrogen) atoms. The van der Waals surface area contributed by atoms with Crippen molar-refractivity contribution in [3.05, 3.63) is 120 Å². The predicted molar refractivity (Wildman–Crippen MR) is 142 cm³/mol. The highest BCUT2D eigenvalue weighted by Gasteiger charge is 2.36. The lowest BCUT2D eigenvalue weighted by Crippen LogP contribution is -2.14. The Morgan fingerprint density at radius 2 is 1.44 bits per heavy atom. The number of para-hydroxylation sites is 1. The Labute approximate surface area is 203 Å². The molecule has 2 heterocycles. The average Bonchev–Trinajstić information content (AvgIpc) is 3.38. The molecule has 0 saturated carbocycles. The largest absolute Gasteiger partial charge is 0.308 e. The predicted octanol–water partition coefficient (Wildman–Crippen LogP) is 8.15. The zero-order valence-corrected chi connectivity index (χ0v) is 18.8. The van der Waals surface area contributed by atoms with Crippen molar-refractivity contribution in [2.24, 2.45) is 0 Å². The van der Waals surface area contributed by atoms with Crippen molar-refractivity contribution in [1.29, 1.82) is 0 Å². The van der Waals surface area contributed by atoms with Crippen LogP contribution in [0.25, 0.3) is 49.9 Å². The molecular formula is C32H24N2. The average molecular weight is 440 g/mol. The summed E-state index contributed by atoms with van der Waals surface area (Å²) in [6, 6.07) is 34.9. The van der Waals surface area contributed by atoms with Crippen molar-refractivity contribution < 1.29 is 4.11 Å². The second kappa shape index (κ2) is 6.91. The summed E-state index contributed by atoms with van der Waals surface area (Å²) in [6.07, 6.45) is 1.91. The highest BCUT2D eigenvalue weighted by molar-refractivity contribution is 6.10. The molecular weight excluding hydrogens is 412 g/mol. The lowest BCUT2D eigenvalue weighted by Gasteiger charge is -2.21. The molecule has 2 heteroatoms. The number of aromatic nitrogens is 2. The van der Waals surface area contributed by atoms with Crippen LogP contribution >= 0.6 is 0 Å². The molecule has 0 fully saturated rings. The number of hydrogen-bond donors (Lipinski definition) is 0. The van der Waals surface area contributed by atoms with Gasteiger partial charge in [0.15, 0.2) is 0 Å². The van der Waals surface area contributed by atoms with Crippen molar-refractivity contribution in [1.82, 2.24) is 9.55 Å². The van der Waals surface area contributed by atoms with Gasteiger partial charge in [-0.25, -0.2) is 0 Å². The number of hydrogen-bond acceptors (Lipinski definition) is 1. The summed E-state index contributed by atoms with van der Waals surface area (Å²) in [7, 11) is 0. The molecule has 162 valence electrons. The maximum atomic E-state index is 8.53. The first-order valence-corrected chi connectivity index (χ1v) is 11.6. The van der Waals surface area contributed by atoms with Gasteiger partial charge in [-0.15, -0.1) is 0 Å². The second-order valence-electron chi connectivity index (χ2n) is 9.21. The highest BCUT2D eigenvalue weighted by atomic mass is 15.0. The van der Waals surface area contributed by atoms with Gasteiger partial charge in [-0.05, 0) is 58.1 Å². The molecule has 2 nitrogen and oxygen atoms in total. The van der Waals surface area contributed by atoms with Crippen molar-refractivity contribution >= 4 is 21.9 Å². The van der Waals surface area contributed by atoms with E-state index in [1.807, 2.05) is 73.8 Å². The Bertz CT molecular complexity index is 1820. The van der Waals surface area contributed by atoms with E-state index in [-0.39, 0.29) is 0 Å². The second-order valence-corrected chi connectivity index (χ2v) is 9.21. The number of fused-ring (bicyclic) bond motifs is 6. The van der Waals surface area contributed by atoms with Crippen LogP contribution in [0.5, 0.6) is 0 Å². The number of nitrogens with zero attached hydrogens (tertiary/aromatic N) is 2. The van der Waals surface area contributed by atoms with Crippen LogP contribution in [0, 0.1) is 0 Å². The zero-order valence-electron chi connectivity index (χ0n) is 21.8. The molecule has 1 unspecified atom stereocenters. The monoisotopic (exact) mass is 439 g/mol. The lowest BCUT2D eigenvalue weighted by molar-refractivity contribution is 0.661. The summed E-state index contributed by atoms with van der Waals surface area (Å²) in [5.41, 5.74) is 8.62. The van der Waals surface area contributed by atoms with Gasteiger partial charge < -0.3 is 4.57 Å². The van der Waals surface area contributed by atoms with E-state index in [0.717, 1.165) is 61.0 Å². The summed E-state index contributed by atoms with van der Waals surface area (Å²) < 4.78 is 27.9. The summed E-state index contributed by atoms with van der Waals surface area (Å²) in [5, 5.41) is 0.959. The molecule has 0 amide bonds. The minimum absolute atomic E-state index is 0.835. The molecule has 6 aromatic rings. The van der Waals surface area contributed by atoms with Gasteiger partial charge in [0.05, 0.1) is 16.6 Å². The Hall–Kier alpha value is -4.17. The molecule has 0 saturated heterocycles. The summed E-state index contributed by atoms with van der Waals surface area (Å²) in [4.78, 5) is 4.95. The molecule has 2 aromatic heterocycles. The first-order valence-electron chi connectivity index (χ1n) is 13.1. The van der Waals surface area contributed by atoms with Gasteiger partial charge in [0.1, 0.15) is 0 Å². The van der Waals surface area contributed by atoms with Crippen molar-refractivity contribution in [3.8, 4) is 27.9 Å². The van der Waals surface area contributed by atoms with Gasteiger partial charge >= 0.3 is 0 Å². The summed E-state index contributed by atoms with van der Waals surface area (Å²) in [5.74, 6) is 0. The molecule has 0 aliphatic heterocycles. The number of benzene rings is 4. The Morgan fingerprint density at radius 3 is 2.24 bits per heavy atom. The third-order valence-electron chi connectivity index (χ3n) is 7.16. The van der Waals surface area contributed by atoms with Gasteiger partial charge in [-0.3, -0.25) is 4.98 Å². The van der Waals surface area contributed by atoms with Crippen molar-refractivity contribution in [2.75, 3.05) is 0 Å². The highest BCUT2D eigenvalue weighted by Crippen LogP contribution is 2.50. The fraction of sp³-hybridized carbons (Fsp3) is 0.0938. The first kappa shape index (κ1) is 16.4. The molecule has 0 radical (unpaired) electrons. The number of rotatable bonds is 2. The summed E-state index contributed by atoms with van der Waals surface area (Å²) >= 11 is 0. The van der Waals surface area contributed by atoms with Crippen LogP contribution in [0.4, 0.5) is 0 Å². The maximum absolute atomic E-state index is 8.53. The Kier molecular flexibility index (Phi) is 3.34. The van der Waals surface area contributed by atoms with Crippen LogP contribution in [-0.2, 0) is 5.41 Å². The molecule has 1 aliphatic rings. The van der Waals surface area contributed by atoms with E-state index in [4.69, 9.17) is 9.10 Å². The van der Waals surface area contributed by atoms with Crippen LogP contribution in [-0.4, -0.2) is 9.55 Å². The van der Waals surface area contributed by atoms with E-state index in [2.05, 4.69) is 47.0 Å². The van der Waals surface area contributed by atoms with Crippen LogP contribution < -0.4 is 0 Å². The quantitative estimate of drug-likeness (QED) is 0.266. The van der Waals surface area contributed by atoms with Crippen LogP contribution in [0.2, 0.25) is 0 Å². The minimum atomic E-state index is -2.20. The molecule has 7 rings (SSSR count). The minimum Gasteiger partial charge on any atom is -0.308 e. The van der Waals surface area contributed by atoms with Gasteiger partial charge in [-0.2, -0.15) is 0 Å². The van der Waals surface area contributed by atoms with Gasteiger partial charge in [0.2, 0.25) is 0 Å². The third kappa shape index (κ3) is 2.60. The molecule has 0 spiro atoms. The van der Waals surface area contributed by atoms with E-state index in [9.17, 15) is 0 Å². The van der Waals surface area contributed by atoms with E-state index in [0.29, 0.717) is 0 Å². The Balaban J connectivity index is 1.61. The van der Waals surface area contributed by atoms with E-state index in [1.54, 1.807) is 0 Å². The topological polar surface area (TPSA) is 17.8 Å². The zero-order chi connectivity index (χ0) is 25.4. The third-order valence-corrected chi connectivity index (χ3v) is 7.16. The van der Waals surface area contributed by atoms with Crippen LogP contribution in [0.1, 0.15) is 29.0 Å². The van der Waals surface area contributed by atoms with Crippen LogP contribution in [0.15, 0.2) is 109 Å². The normalized spacial score (nSPS) is 18.3. The number of pyridine rings is 1. The van der Waals surface area contributed by atoms with Crippen molar-refractivity contribution in [2.45, 2.75) is 19.2 Å². The molecule has 0 bridgehead atoms.